The van der Waals surface area contributed by atoms with Gasteiger partial charge in [0.15, 0.2) is 0 Å². The minimum atomic E-state index is -0.658. The summed E-state index contributed by atoms with van der Waals surface area (Å²) in [7, 11) is 0. The van der Waals surface area contributed by atoms with Crippen molar-refractivity contribution in [2.24, 2.45) is 5.10 Å². The van der Waals surface area contributed by atoms with Crippen molar-refractivity contribution in [3.63, 3.8) is 0 Å². The first kappa shape index (κ1) is 19.2. The molecule has 0 N–H and O–H groups in total. The largest absolute Gasteiger partial charge is 0.470 e. The molecule has 0 aliphatic heterocycles. The van der Waals surface area contributed by atoms with Gasteiger partial charge in [-0.2, -0.15) is 5.10 Å². The maximum atomic E-state index is 13.1. The number of aromatic nitrogens is 3. The van der Waals surface area contributed by atoms with Gasteiger partial charge in [0.2, 0.25) is 5.69 Å². The number of ether oxygens (including phenoxy) is 2. The third-order valence-electron chi connectivity index (χ3n) is 3.87. The molecule has 28 heavy (non-hydrogen) atoms. The summed E-state index contributed by atoms with van der Waals surface area (Å²) >= 11 is 0. The van der Waals surface area contributed by atoms with E-state index in [0.717, 1.165) is 15.9 Å². The number of esters is 1. The van der Waals surface area contributed by atoms with Gasteiger partial charge in [-0.25, -0.2) is 9.18 Å². The molecule has 0 spiro atoms. The fourth-order valence-corrected chi connectivity index (χ4v) is 2.38. The predicted octanol–water partition coefficient (Wildman–Crippen LogP) is 3.36. The molecule has 0 radical (unpaired) electrons. The first-order chi connectivity index (χ1) is 13.6. The van der Waals surface area contributed by atoms with Crippen LogP contribution in [0.3, 0.4) is 0 Å². The number of hydrogen-bond donors (Lipinski definition) is 0. The summed E-state index contributed by atoms with van der Waals surface area (Å²) in [4.78, 5) is 13.3. The van der Waals surface area contributed by atoms with E-state index in [1.165, 1.54) is 12.1 Å². The number of halogens is 1. The van der Waals surface area contributed by atoms with Crippen LogP contribution in [0.25, 0.3) is 0 Å². The van der Waals surface area contributed by atoms with E-state index in [0.29, 0.717) is 5.56 Å². The summed E-state index contributed by atoms with van der Waals surface area (Å²) in [6.45, 7) is 3.92. The Labute approximate surface area is 161 Å². The van der Waals surface area contributed by atoms with Crippen LogP contribution < -0.4 is 4.74 Å². The molecule has 2 aromatic carbocycles. The van der Waals surface area contributed by atoms with E-state index in [1.807, 2.05) is 31.2 Å². The topological polar surface area (TPSA) is 78.6 Å². The molecule has 0 saturated carbocycles. The lowest BCUT2D eigenvalue weighted by atomic mass is 10.1. The molecule has 1 heterocycles. The first-order valence-electron chi connectivity index (χ1n) is 8.68. The van der Waals surface area contributed by atoms with Gasteiger partial charge in [-0.3, -0.25) is 0 Å². The van der Waals surface area contributed by atoms with E-state index >= 15 is 0 Å². The molecule has 7 nitrogen and oxygen atoms in total. The molecule has 0 saturated heterocycles. The van der Waals surface area contributed by atoms with E-state index in [4.69, 9.17) is 9.47 Å². The number of nitrogens with zero attached hydrogens (tertiary/aromatic N) is 4. The molecule has 0 atom stereocenters. The Bertz CT molecular complexity index is 983. The number of aryl methyl sites for hydroxylation is 1. The standard InChI is InChI=1S/C20H19FN4O3/c1-3-27-20(26)18-19(28-13-15-8-10-17(21)11-9-15)25(24-23-18)22-12-16-7-5-4-6-14(16)2/h4-12H,3,13H2,1-2H3/b22-12-. The van der Waals surface area contributed by atoms with Crippen LogP contribution in [0, 0.1) is 12.7 Å². The van der Waals surface area contributed by atoms with Gasteiger partial charge < -0.3 is 9.47 Å². The van der Waals surface area contributed by atoms with Gasteiger partial charge >= 0.3 is 5.97 Å². The van der Waals surface area contributed by atoms with Gasteiger partial charge in [0.1, 0.15) is 12.4 Å². The van der Waals surface area contributed by atoms with Crippen LogP contribution in [0.15, 0.2) is 53.6 Å². The lowest BCUT2D eigenvalue weighted by Crippen LogP contribution is -2.09. The fraction of sp³-hybridized carbons (Fsp3) is 0.200. The second-order valence-corrected chi connectivity index (χ2v) is 5.87. The van der Waals surface area contributed by atoms with Crippen molar-refractivity contribution in [3.05, 3.63) is 76.7 Å². The molecule has 1 aromatic heterocycles. The highest BCUT2D eigenvalue weighted by Crippen LogP contribution is 2.19. The summed E-state index contributed by atoms with van der Waals surface area (Å²) < 4.78 is 23.8. The predicted molar refractivity (Wildman–Crippen MR) is 101 cm³/mol. The van der Waals surface area contributed by atoms with E-state index in [1.54, 1.807) is 25.3 Å². The smallest absolute Gasteiger partial charge is 0.364 e. The Hall–Kier alpha value is -3.55. The Morgan fingerprint density at radius 2 is 1.96 bits per heavy atom. The summed E-state index contributed by atoms with van der Waals surface area (Å²) in [6, 6.07) is 13.5. The lowest BCUT2D eigenvalue weighted by molar-refractivity contribution is 0.0513. The second kappa shape index (κ2) is 8.90. The van der Waals surface area contributed by atoms with Crippen LogP contribution in [0.5, 0.6) is 5.88 Å². The molecular formula is C20H19FN4O3. The molecular weight excluding hydrogens is 363 g/mol. The monoisotopic (exact) mass is 382 g/mol. The highest BCUT2D eigenvalue weighted by Gasteiger charge is 2.23. The molecule has 3 rings (SSSR count). The van der Waals surface area contributed by atoms with Crippen molar-refractivity contribution in [2.45, 2.75) is 20.5 Å². The number of hydrogen-bond acceptors (Lipinski definition) is 6. The minimum Gasteiger partial charge on any atom is -0.470 e. The van der Waals surface area contributed by atoms with E-state index in [9.17, 15) is 9.18 Å². The van der Waals surface area contributed by atoms with Crippen molar-refractivity contribution in [1.82, 2.24) is 15.1 Å². The second-order valence-electron chi connectivity index (χ2n) is 5.87. The van der Waals surface area contributed by atoms with Crippen LogP contribution >= 0.6 is 0 Å². The zero-order chi connectivity index (χ0) is 19.9. The molecule has 0 unspecified atom stereocenters. The third kappa shape index (κ3) is 4.59. The van der Waals surface area contributed by atoms with Crippen molar-refractivity contribution in [3.8, 4) is 5.88 Å². The minimum absolute atomic E-state index is 0.0487. The van der Waals surface area contributed by atoms with Gasteiger partial charge in [0.25, 0.3) is 5.88 Å². The zero-order valence-electron chi connectivity index (χ0n) is 15.5. The van der Waals surface area contributed by atoms with Crippen molar-refractivity contribution >= 4 is 12.2 Å². The molecule has 0 bridgehead atoms. The lowest BCUT2D eigenvalue weighted by Gasteiger charge is -2.07. The Morgan fingerprint density at radius 3 is 2.68 bits per heavy atom. The van der Waals surface area contributed by atoms with E-state index < -0.39 is 5.97 Å². The first-order valence-corrected chi connectivity index (χ1v) is 8.68. The van der Waals surface area contributed by atoms with Crippen molar-refractivity contribution in [2.75, 3.05) is 6.61 Å². The highest BCUT2D eigenvalue weighted by atomic mass is 19.1. The number of carbonyl (C=O) groups is 1. The number of carbonyl (C=O) groups excluding carboxylic acids is 1. The van der Waals surface area contributed by atoms with Gasteiger partial charge in [-0.15, -0.1) is 5.10 Å². The quantitative estimate of drug-likeness (QED) is 0.462. The van der Waals surface area contributed by atoms with Crippen LogP contribution in [0.4, 0.5) is 4.39 Å². The van der Waals surface area contributed by atoms with Gasteiger partial charge in [-0.1, -0.05) is 41.2 Å². The highest BCUT2D eigenvalue weighted by molar-refractivity contribution is 5.89. The van der Waals surface area contributed by atoms with Crippen molar-refractivity contribution < 1.29 is 18.7 Å². The summed E-state index contributed by atoms with van der Waals surface area (Å²) in [5, 5.41) is 12.0. The Kier molecular flexibility index (Phi) is 6.11. The number of benzene rings is 2. The SMILES string of the molecule is CCOC(=O)c1nnn(/N=C\c2ccccc2C)c1OCc1ccc(F)cc1. The molecule has 0 fully saturated rings. The summed E-state index contributed by atoms with van der Waals surface area (Å²) in [6.07, 6.45) is 1.60. The Morgan fingerprint density at radius 1 is 1.21 bits per heavy atom. The molecule has 0 aliphatic rings. The zero-order valence-corrected chi connectivity index (χ0v) is 15.5. The maximum Gasteiger partial charge on any atom is 0.364 e. The molecule has 3 aromatic rings. The normalized spacial score (nSPS) is 11.0. The van der Waals surface area contributed by atoms with E-state index in [2.05, 4.69) is 15.4 Å². The van der Waals surface area contributed by atoms with Gasteiger partial charge in [0.05, 0.1) is 12.8 Å². The molecule has 8 heteroatoms. The number of rotatable bonds is 7. The summed E-state index contributed by atoms with van der Waals surface area (Å²) in [5.41, 5.74) is 2.56. The fourth-order valence-electron chi connectivity index (χ4n) is 2.38. The average Bonchev–Trinajstić information content (AvgIpc) is 3.10. The van der Waals surface area contributed by atoms with Crippen LogP contribution in [0.2, 0.25) is 0 Å². The maximum absolute atomic E-state index is 13.1. The van der Waals surface area contributed by atoms with Crippen molar-refractivity contribution in [1.29, 1.82) is 0 Å². The molecule has 144 valence electrons. The van der Waals surface area contributed by atoms with Crippen LogP contribution in [0.1, 0.15) is 34.1 Å². The van der Waals surface area contributed by atoms with Gasteiger partial charge in [0, 0.05) is 0 Å². The average molecular weight is 382 g/mol. The summed E-state index contributed by atoms with van der Waals surface area (Å²) in [5.74, 6) is -0.952. The molecule has 0 amide bonds. The third-order valence-corrected chi connectivity index (χ3v) is 3.87. The molecule has 0 aliphatic carbocycles. The van der Waals surface area contributed by atoms with Crippen LogP contribution in [-0.2, 0) is 11.3 Å². The van der Waals surface area contributed by atoms with Gasteiger partial charge in [-0.05, 0) is 47.9 Å². The van der Waals surface area contributed by atoms with Crippen LogP contribution in [-0.4, -0.2) is 33.9 Å². The van der Waals surface area contributed by atoms with E-state index in [-0.39, 0.29) is 30.6 Å². The Balaban J connectivity index is 1.87.